The molecule has 0 fully saturated rings. The highest BCUT2D eigenvalue weighted by molar-refractivity contribution is 7.25. The average Bonchev–Trinajstić information content (AvgIpc) is 3.52. The first-order chi connectivity index (χ1) is 14.8. The van der Waals surface area contributed by atoms with Crippen LogP contribution >= 0.6 is 11.3 Å². The minimum atomic E-state index is 0.0187. The maximum atomic E-state index is 13.2. The number of furan rings is 1. The highest BCUT2D eigenvalue weighted by atomic mass is 32.1. The smallest absolute Gasteiger partial charge is 0.271 e. The highest BCUT2D eigenvalue weighted by Gasteiger charge is 2.25. The molecule has 5 nitrogen and oxygen atoms in total. The molecule has 1 aliphatic carbocycles. The molecule has 0 atom stereocenters. The summed E-state index contributed by atoms with van der Waals surface area (Å²) in [7, 11) is 0. The lowest BCUT2D eigenvalue weighted by atomic mass is 10.0. The van der Waals surface area contributed by atoms with Crippen LogP contribution in [0.5, 0.6) is 0 Å². The van der Waals surface area contributed by atoms with Gasteiger partial charge in [0.15, 0.2) is 5.76 Å². The van der Waals surface area contributed by atoms with Gasteiger partial charge in [-0.15, -0.1) is 11.3 Å². The van der Waals surface area contributed by atoms with Crippen LogP contribution in [0.1, 0.15) is 23.1 Å². The number of aromatic nitrogens is 3. The molecule has 0 spiro atoms. The van der Waals surface area contributed by atoms with Crippen molar-refractivity contribution in [2.75, 3.05) is 0 Å². The Balaban J connectivity index is 1.50. The summed E-state index contributed by atoms with van der Waals surface area (Å²) >= 11 is 1.45. The standard InChI is InChI=1S/C24H19N3O2S/c28-24-22-21(25-14-27(24)12-11-15-6-2-1-3-7-15)19-16-8-4-9-17(16)20(26-23(19)30-22)18-10-5-13-29-18/h1-3,5-7,10,13-14H,4,8-9,11-12H2. The van der Waals surface area contributed by atoms with Crippen molar-refractivity contribution in [3.63, 3.8) is 0 Å². The van der Waals surface area contributed by atoms with E-state index in [0.717, 1.165) is 52.9 Å². The number of rotatable bonds is 4. The van der Waals surface area contributed by atoms with Gasteiger partial charge in [0, 0.05) is 11.9 Å². The molecule has 0 N–H and O–H groups in total. The lowest BCUT2D eigenvalue weighted by Gasteiger charge is -2.07. The predicted octanol–water partition coefficient (Wildman–Crippen LogP) is 5.00. The average molecular weight is 414 g/mol. The van der Waals surface area contributed by atoms with Gasteiger partial charge < -0.3 is 4.42 Å². The van der Waals surface area contributed by atoms with Gasteiger partial charge >= 0.3 is 0 Å². The van der Waals surface area contributed by atoms with Gasteiger partial charge in [-0.3, -0.25) is 9.36 Å². The molecule has 30 heavy (non-hydrogen) atoms. The molecule has 148 valence electrons. The first kappa shape index (κ1) is 17.6. The summed E-state index contributed by atoms with van der Waals surface area (Å²) in [5.41, 5.74) is 5.47. The molecule has 4 heterocycles. The van der Waals surface area contributed by atoms with Crippen LogP contribution < -0.4 is 5.56 Å². The first-order valence-electron chi connectivity index (χ1n) is 10.2. The molecule has 6 rings (SSSR count). The monoisotopic (exact) mass is 413 g/mol. The second-order valence-electron chi connectivity index (χ2n) is 7.69. The topological polar surface area (TPSA) is 60.9 Å². The number of benzene rings is 1. The van der Waals surface area contributed by atoms with Gasteiger partial charge in [-0.25, -0.2) is 9.97 Å². The molecular formula is C24H19N3O2S. The van der Waals surface area contributed by atoms with Crippen molar-refractivity contribution >= 4 is 31.8 Å². The maximum Gasteiger partial charge on any atom is 0.271 e. The number of pyridine rings is 1. The Morgan fingerprint density at radius 3 is 2.77 bits per heavy atom. The van der Waals surface area contributed by atoms with E-state index in [4.69, 9.17) is 14.4 Å². The number of thiophene rings is 1. The normalized spacial score (nSPS) is 13.3. The Hall–Kier alpha value is -3.25. The minimum absolute atomic E-state index is 0.0187. The zero-order valence-electron chi connectivity index (χ0n) is 16.3. The van der Waals surface area contributed by atoms with E-state index >= 15 is 0 Å². The van der Waals surface area contributed by atoms with Crippen LogP contribution in [0.15, 0.2) is 64.3 Å². The summed E-state index contributed by atoms with van der Waals surface area (Å²) < 4.78 is 8.06. The Morgan fingerprint density at radius 1 is 1.07 bits per heavy atom. The Morgan fingerprint density at radius 2 is 1.93 bits per heavy atom. The summed E-state index contributed by atoms with van der Waals surface area (Å²) in [4.78, 5) is 23.7. The van der Waals surface area contributed by atoms with E-state index in [0.29, 0.717) is 11.2 Å². The lowest BCUT2D eigenvalue weighted by Crippen LogP contribution is -2.20. The van der Waals surface area contributed by atoms with Crippen molar-refractivity contribution in [1.82, 2.24) is 14.5 Å². The zero-order valence-corrected chi connectivity index (χ0v) is 17.1. The quantitative estimate of drug-likeness (QED) is 0.416. The summed E-state index contributed by atoms with van der Waals surface area (Å²) in [6, 6.07) is 14.1. The van der Waals surface area contributed by atoms with E-state index in [9.17, 15) is 4.79 Å². The fourth-order valence-electron chi connectivity index (χ4n) is 4.46. The van der Waals surface area contributed by atoms with Crippen LogP contribution in [0.4, 0.5) is 0 Å². The predicted molar refractivity (Wildman–Crippen MR) is 119 cm³/mol. The first-order valence-corrected chi connectivity index (χ1v) is 11.0. The Labute approximate surface area is 176 Å². The summed E-state index contributed by atoms with van der Waals surface area (Å²) in [5, 5.41) is 1.06. The van der Waals surface area contributed by atoms with Crippen molar-refractivity contribution < 1.29 is 4.42 Å². The lowest BCUT2D eigenvalue weighted by molar-refractivity contribution is 0.579. The maximum absolute atomic E-state index is 13.2. The molecule has 0 saturated heterocycles. The van der Waals surface area contributed by atoms with Gasteiger partial charge in [-0.1, -0.05) is 30.3 Å². The molecule has 5 aromatic rings. The molecule has 0 amide bonds. The van der Waals surface area contributed by atoms with E-state index in [2.05, 4.69) is 12.1 Å². The van der Waals surface area contributed by atoms with Crippen LogP contribution in [-0.4, -0.2) is 14.5 Å². The van der Waals surface area contributed by atoms with E-state index in [-0.39, 0.29) is 5.56 Å². The van der Waals surface area contributed by atoms with E-state index in [1.807, 2.05) is 30.3 Å². The number of fused-ring (bicyclic) bond motifs is 5. The second-order valence-corrected chi connectivity index (χ2v) is 8.69. The third-order valence-corrected chi connectivity index (χ3v) is 6.96. The number of hydrogen-bond acceptors (Lipinski definition) is 5. The molecule has 0 aliphatic heterocycles. The van der Waals surface area contributed by atoms with E-state index in [1.54, 1.807) is 17.2 Å². The number of aryl methyl sites for hydroxylation is 3. The molecule has 0 unspecified atom stereocenters. The fraction of sp³-hybridized carbons (Fsp3) is 0.208. The summed E-state index contributed by atoms with van der Waals surface area (Å²) in [6.45, 7) is 0.614. The second kappa shape index (κ2) is 6.92. The van der Waals surface area contributed by atoms with Crippen molar-refractivity contribution in [3.05, 3.63) is 82.1 Å². The molecule has 0 bridgehead atoms. The van der Waals surface area contributed by atoms with Crippen LogP contribution in [0.25, 0.3) is 31.9 Å². The van der Waals surface area contributed by atoms with Gasteiger partial charge in [0.2, 0.25) is 0 Å². The Kier molecular flexibility index (Phi) is 4.06. The van der Waals surface area contributed by atoms with Gasteiger partial charge in [-0.2, -0.15) is 0 Å². The van der Waals surface area contributed by atoms with Crippen LogP contribution in [0.3, 0.4) is 0 Å². The van der Waals surface area contributed by atoms with Gasteiger partial charge in [0.1, 0.15) is 15.2 Å². The number of hydrogen-bond donors (Lipinski definition) is 0. The third kappa shape index (κ3) is 2.71. The van der Waals surface area contributed by atoms with E-state index < -0.39 is 0 Å². The zero-order chi connectivity index (χ0) is 20.1. The summed E-state index contributed by atoms with van der Waals surface area (Å²) in [6.07, 6.45) is 7.25. The van der Waals surface area contributed by atoms with Crippen LogP contribution in [-0.2, 0) is 25.8 Å². The molecule has 6 heteroatoms. The molecule has 0 radical (unpaired) electrons. The third-order valence-electron chi connectivity index (χ3n) is 5.90. The van der Waals surface area contributed by atoms with Crippen LogP contribution in [0, 0.1) is 0 Å². The molecular weight excluding hydrogens is 394 g/mol. The molecule has 0 saturated carbocycles. The fourth-order valence-corrected chi connectivity index (χ4v) is 5.57. The highest BCUT2D eigenvalue weighted by Crippen LogP contribution is 2.41. The van der Waals surface area contributed by atoms with Crippen molar-refractivity contribution in [2.45, 2.75) is 32.2 Å². The molecule has 1 aliphatic rings. The largest absolute Gasteiger partial charge is 0.463 e. The van der Waals surface area contributed by atoms with Crippen molar-refractivity contribution in [2.24, 2.45) is 0 Å². The molecule has 1 aromatic carbocycles. The minimum Gasteiger partial charge on any atom is -0.463 e. The Bertz CT molecular complexity index is 1430. The molecule has 4 aromatic heterocycles. The van der Waals surface area contributed by atoms with Gasteiger partial charge in [-0.05, 0) is 54.5 Å². The van der Waals surface area contributed by atoms with Gasteiger partial charge in [0.05, 0.1) is 18.1 Å². The number of nitrogens with zero attached hydrogens (tertiary/aromatic N) is 3. The van der Waals surface area contributed by atoms with E-state index in [1.165, 1.54) is 28.0 Å². The van der Waals surface area contributed by atoms with Crippen molar-refractivity contribution in [3.8, 4) is 11.5 Å². The SMILES string of the molecule is O=c1c2sc3nc(-c4ccco4)c4c(c3c2ncn1CCc1ccccc1)CCC4. The van der Waals surface area contributed by atoms with Crippen LogP contribution in [0.2, 0.25) is 0 Å². The van der Waals surface area contributed by atoms with Gasteiger partial charge in [0.25, 0.3) is 5.56 Å². The van der Waals surface area contributed by atoms with Crippen molar-refractivity contribution in [1.29, 1.82) is 0 Å². The summed E-state index contributed by atoms with van der Waals surface area (Å²) in [5.74, 6) is 0.792.